The highest BCUT2D eigenvalue weighted by atomic mass is 32.2. The molecule has 1 atom stereocenters. The molecule has 3 aromatic heterocycles. The fraction of sp³-hybridized carbons (Fsp3) is 0.278. The number of aromatic nitrogens is 7. The van der Waals surface area contributed by atoms with Gasteiger partial charge in [0, 0.05) is 29.8 Å². The molecule has 0 radical (unpaired) electrons. The van der Waals surface area contributed by atoms with E-state index in [9.17, 15) is 0 Å². The highest BCUT2D eigenvalue weighted by Crippen LogP contribution is 2.40. The van der Waals surface area contributed by atoms with Crippen LogP contribution in [0.3, 0.4) is 0 Å². The fourth-order valence-electron chi connectivity index (χ4n) is 3.40. The number of benzene rings is 1. The molecule has 0 unspecified atom stereocenters. The topological polar surface area (TPSA) is 96.7 Å². The van der Waals surface area contributed by atoms with Gasteiger partial charge in [-0.1, -0.05) is 18.2 Å². The van der Waals surface area contributed by atoms with Crippen LogP contribution < -0.4 is 5.32 Å². The van der Waals surface area contributed by atoms with Crippen LogP contribution in [0.4, 0.5) is 5.82 Å². The molecule has 0 amide bonds. The molecule has 1 aliphatic heterocycles. The summed E-state index contributed by atoms with van der Waals surface area (Å²) >= 11 is 2.01. The molecule has 4 heterocycles. The summed E-state index contributed by atoms with van der Waals surface area (Å²) in [6.45, 7) is 0.638. The Morgan fingerprint density at radius 2 is 2.30 bits per heavy atom. The van der Waals surface area contributed by atoms with Gasteiger partial charge < -0.3 is 5.32 Å². The number of imidazole rings is 1. The summed E-state index contributed by atoms with van der Waals surface area (Å²) in [5.41, 5.74) is 4.17. The number of hydrogen-bond donors (Lipinski definition) is 2. The second kappa shape index (κ2) is 6.99. The molecule has 1 aromatic carbocycles. The number of nitrogens with one attached hydrogen (secondary N) is 2. The van der Waals surface area contributed by atoms with Gasteiger partial charge in [-0.3, -0.25) is 4.40 Å². The molecule has 1 fully saturated rings. The van der Waals surface area contributed by atoms with Crippen LogP contribution in [-0.4, -0.2) is 40.7 Å². The van der Waals surface area contributed by atoms with Crippen molar-refractivity contribution in [2.75, 3.05) is 11.1 Å². The highest BCUT2D eigenvalue weighted by Gasteiger charge is 2.22. The zero-order chi connectivity index (χ0) is 18.1. The van der Waals surface area contributed by atoms with E-state index < -0.39 is 0 Å². The molecule has 1 saturated heterocycles. The quantitative estimate of drug-likeness (QED) is 0.551. The number of hydrogen-bond acceptors (Lipinski definition) is 7. The normalized spacial score (nSPS) is 16.8. The van der Waals surface area contributed by atoms with Gasteiger partial charge in [-0.2, -0.15) is 17.0 Å². The van der Waals surface area contributed by atoms with Gasteiger partial charge in [0.25, 0.3) is 0 Å². The number of H-pyrrole nitrogens is 1. The Hall–Kier alpha value is -2.94. The monoisotopic (exact) mass is 378 g/mol. The van der Waals surface area contributed by atoms with E-state index >= 15 is 0 Å². The van der Waals surface area contributed by atoms with Crippen molar-refractivity contribution in [3.63, 3.8) is 0 Å². The van der Waals surface area contributed by atoms with Crippen LogP contribution in [0.1, 0.15) is 29.3 Å². The molecule has 136 valence electrons. The third-order valence-corrected chi connectivity index (χ3v) is 6.11. The maximum absolute atomic E-state index is 4.63. The lowest BCUT2D eigenvalue weighted by atomic mass is 10.1. The molecule has 0 saturated carbocycles. The van der Waals surface area contributed by atoms with Crippen LogP contribution in [0, 0.1) is 0 Å². The SMILES string of the molecule is c1cc(CNc2nccn3c([C@@H]4CCCS4)cnc23)cc(-c2nn[nH]n2)c1. The largest absolute Gasteiger partial charge is 0.363 e. The van der Waals surface area contributed by atoms with Crippen molar-refractivity contribution in [2.45, 2.75) is 24.6 Å². The first-order valence-corrected chi connectivity index (χ1v) is 9.93. The van der Waals surface area contributed by atoms with Crippen LogP contribution in [0.15, 0.2) is 42.9 Å². The maximum atomic E-state index is 4.63. The maximum Gasteiger partial charge on any atom is 0.204 e. The van der Waals surface area contributed by atoms with Crippen LogP contribution in [0.25, 0.3) is 17.0 Å². The van der Waals surface area contributed by atoms with Gasteiger partial charge in [0.05, 0.1) is 11.9 Å². The third-order valence-electron chi connectivity index (χ3n) is 4.71. The zero-order valence-corrected chi connectivity index (χ0v) is 15.4. The Labute approximate surface area is 159 Å². The third kappa shape index (κ3) is 3.14. The minimum Gasteiger partial charge on any atom is -0.363 e. The summed E-state index contributed by atoms with van der Waals surface area (Å²) in [7, 11) is 0. The van der Waals surface area contributed by atoms with Crippen molar-refractivity contribution in [1.29, 1.82) is 0 Å². The van der Waals surface area contributed by atoms with E-state index in [0.717, 1.165) is 22.6 Å². The van der Waals surface area contributed by atoms with Crippen LogP contribution >= 0.6 is 11.8 Å². The zero-order valence-electron chi connectivity index (χ0n) is 14.5. The Kier molecular flexibility index (Phi) is 4.21. The molecule has 0 spiro atoms. The average molecular weight is 378 g/mol. The van der Waals surface area contributed by atoms with E-state index in [1.54, 1.807) is 0 Å². The lowest BCUT2D eigenvalue weighted by molar-refractivity contribution is 0.798. The molecule has 4 aromatic rings. The molecule has 0 aliphatic carbocycles. The van der Waals surface area contributed by atoms with Crippen LogP contribution in [-0.2, 0) is 6.54 Å². The predicted octanol–water partition coefficient (Wildman–Crippen LogP) is 3.09. The van der Waals surface area contributed by atoms with E-state index in [2.05, 4.69) is 46.4 Å². The first kappa shape index (κ1) is 16.2. The number of fused-ring (bicyclic) bond motifs is 1. The molecule has 5 rings (SSSR count). The number of nitrogens with zero attached hydrogens (tertiary/aromatic N) is 6. The second-order valence-corrected chi connectivity index (χ2v) is 7.75. The number of thioether (sulfide) groups is 1. The molecule has 27 heavy (non-hydrogen) atoms. The van der Waals surface area contributed by atoms with Gasteiger partial charge in [-0.25, -0.2) is 9.97 Å². The first-order chi connectivity index (χ1) is 13.4. The minimum atomic E-state index is 0.530. The van der Waals surface area contributed by atoms with Crippen LogP contribution in [0.2, 0.25) is 0 Å². The number of anilines is 1. The van der Waals surface area contributed by atoms with Gasteiger partial charge in [0.2, 0.25) is 5.82 Å². The van der Waals surface area contributed by atoms with E-state index in [1.807, 2.05) is 48.6 Å². The van der Waals surface area contributed by atoms with Crippen molar-refractivity contribution in [3.8, 4) is 11.4 Å². The summed E-state index contributed by atoms with van der Waals surface area (Å²) in [4.78, 5) is 9.12. The standard InChI is InChI=1S/C18H18N8S/c1-3-12(9-13(4-1)16-22-24-25-23-16)10-20-17-18-21-11-14(15-5-2-8-27-15)26(18)7-6-19-17/h1,3-4,6-7,9,11,15H,2,5,8,10H2,(H,19,20)(H,22,23,24,25)/t15-/m0/s1. The van der Waals surface area contributed by atoms with Crippen molar-refractivity contribution in [2.24, 2.45) is 0 Å². The van der Waals surface area contributed by atoms with Gasteiger partial charge in [-0.15, -0.1) is 10.2 Å². The fourth-order valence-corrected chi connectivity index (χ4v) is 4.70. The molecule has 9 heteroatoms. The van der Waals surface area contributed by atoms with Gasteiger partial charge in [0.15, 0.2) is 11.5 Å². The Morgan fingerprint density at radius 1 is 1.30 bits per heavy atom. The smallest absolute Gasteiger partial charge is 0.204 e. The average Bonchev–Trinajstić information content (AvgIpc) is 3.47. The van der Waals surface area contributed by atoms with E-state index in [0.29, 0.717) is 17.6 Å². The number of tetrazole rings is 1. The van der Waals surface area contributed by atoms with Crippen LogP contribution in [0.5, 0.6) is 0 Å². The summed E-state index contributed by atoms with van der Waals surface area (Å²) in [5, 5.41) is 18.1. The lowest BCUT2D eigenvalue weighted by Gasteiger charge is -2.10. The van der Waals surface area contributed by atoms with Gasteiger partial charge in [0.1, 0.15) is 0 Å². The summed E-state index contributed by atoms with van der Waals surface area (Å²) < 4.78 is 2.16. The first-order valence-electron chi connectivity index (χ1n) is 8.89. The Bertz CT molecular complexity index is 1050. The summed E-state index contributed by atoms with van der Waals surface area (Å²) in [6.07, 6.45) is 8.30. The minimum absolute atomic E-state index is 0.530. The summed E-state index contributed by atoms with van der Waals surface area (Å²) in [5.74, 6) is 2.60. The molecule has 0 bridgehead atoms. The number of aromatic amines is 1. The van der Waals surface area contributed by atoms with Gasteiger partial charge >= 0.3 is 0 Å². The summed E-state index contributed by atoms with van der Waals surface area (Å²) in [6, 6.07) is 8.06. The van der Waals surface area contributed by atoms with Crippen molar-refractivity contribution in [3.05, 3.63) is 54.1 Å². The molecule has 8 nitrogen and oxygen atoms in total. The predicted molar refractivity (Wildman–Crippen MR) is 104 cm³/mol. The molecule has 1 aliphatic rings. The highest BCUT2D eigenvalue weighted by molar-refractivity contribution is 7.99. The van der Waals surface area contributed by atoms with E-state index in [1.165, 1.54) is 24.3 Å². The second-order valence-electron chi connectivity index (χ2n) is 6.44. The van der Waals surface area contributed by atoms with E-state index in [4.69, 9.17) is 0 Å². The molecule has 2 N–H and O–H groups in total. The Morgan fingerprint density at radius 3 is 3.15 bits per heavy atom. The van der Waals surface area contributed by atoms with Gasteiger partial charge in [-0.05, 0) is 35.4 Å². The molecular formula is C18H18N8S. The number of rotatable bonds is 5. The van der Waals surface area contributed by atoms with E-state index in [-0.39, 0.29) is 0 Å². The van der Waals surface area contributed by atoms with Crippen molar-refractivity contribution < 1.29 is 0 Å². The lowest BCUT2D eigenvalue weighted by Crippen LogP contribution is -2.05. The molecular weight excluding hydrogens is 360 g/mol. The van der Waals surface area contributed by atoms with Crippen molar-refractivity contribution >= 4 is 23.2 Å². The van der Waals surface area contributed by atoms with Crippen molar-refractivity contribution in [1.82, 2.24) is 35.0 Å². The Balaban J connectivity index is 1.38.